The highest BCUT2D eigenvalue weighted by molar-refractivity contribution is 6.38. The molecule has 1 unspecified atom stereocenters. The van der Waals surface area contributed by atoms with Crippen LogP contribution in [0.1, 0.15) is 0 Å². The molecule has 0 aromatic heterocycles. The van der Waals surface area contributed by atoms with Crippen LogP contribution in [0.4, 0.5) is 5.69 Å². The predicted molar refractivity (Wildman–Crippen MR) is 90.4 cm³/mol. The summed E-state index contributed by atoms with van der Waals surface area (Å²) >= 11 is 0. The molecule has 0 spiro atoms. The lowest BCUT2D eigenvalue weighted by Gasteiger charge is -2.25. The van der Waals surface area contributed by atoms with E-state index in [9.17, 15) is 0 Å². The van der Waals surface area contributed by atoms with Crippen LogP contribution >= 0.6 is 0 Å². The molecule has 2 aromatic carbocycles. The van der Waals surface area contributed by atoms with Gasteiger partial charge in [-0.3, -0.25) is 4.99 Å². The fourth-order valence-corrected chi connectivity index (χ4v) is 2.79. The molecule has 2 N–H and O–H groups in total. The van der Waals surface area contributed by atoms with Gasteiger partial charge >= 0.3 is 0 Å². The fourth-order valence-electron chi connectivity index (χ4n) is 2.79. The van der Waals surface area contributed by atoms with E-state index in [0.29, 0.717) is 5.84 Å². The molecule has 2 aliphatic rings. The summed E-state index contributed by atoms with van der Waals surface area (Å²) in [6.07, 6.45) is 5.31. The molecule has 22 heavy (non-hydrogen) atoms. The molecule has 0 amide bonds. The largest absolute Gasteiger partial charge is 0.363 e. The summed E-state index contributed by atoms with van der Waals surface area (Å²) in [4.78, 5) is 8.46. The quantitative estimate of drug-likeness (QED) is 0.849. The zero-order valence-corrected chi connectivity index (χ0v) is 11.8. The lowest BCUT2D eigenvalue weighted by atomic mass is 10.0. The minimum Gasteiger partial charge on any atom is -0.363 e. The number of rotatable bonds is 2. The molecule has 0 aliphatic carbocycles. The number of benzene rings is 2. The molecule has 106 valence electrons. The standard InChI is InChI=1S/C17H14N5/c18-17-20-16-12-19-10-11-22(16,21-17)15-9-5-4-8-14(15)13-6-2-1-3-7-13/h1-12H,(H2,18,21)/q+1. The van der Waals surface area contributed by atoms with E-state index in [1.807, 2.05) is 42.6 Å². The summed E-state index contributed by atoms with van der Waals surface area (Å²) < 4.78 is 0.125. The van der Waals surface area contributed by atoms with Crippen molar-refractivity contribution in [3.63, 3.8) is 0 Å². The number of guanidine groups is 1. The minimum atomic E-state index is 0.125. The topological polar surface area (TPSA) is 63.1 Å². The van der Waals surface area contributed by atoms with Gasteiger partial charge in [-0.1, -0.05) is 47.1 Å². The Kier molecular flexibility index (Phi) is 2.74. The van der Waals surface area contributed by atoms with E-state index < -0.39 is 0 Å². The number of para-hydroxylation sites is 1. The number of amidine groups is 1. The molecule has 0 radical (unpaired) electrons. The summed E-state index contributed by atoms with van der Waals surface area (Å²) in [5, 5.41) is 4.55. The smallest absolute Gasteiger partial charge is 0.286 e. The van der Waals surface area contributed by atoms with Crippen molar-refractivity contribution in [1.29, 1.82) is 0 Å². The first-order valence-corrected chi connectivity index (χ1v) is 6.99. The highest BCUT2D eigenvalue weighted by Gasteiger charge is 2.43. The normalized spacial score (nSPS) is 22.2. The van der Waals surface area contributed by atoms with Crippen molar-refractivity contribution < 1.29 is 0 Å². The van der Waals surface area contributed by atoms with E-state index >= 15 is 0 Å². The van der Waals surface area contributed by atoms with Gasteiger partial charge in [0.05, 0.1) is 6.20 Å². The van der Waals surface area contributed by atoms with Crippen molar-refractivity contribution in [2.75, 3.05) is 0 Å². The number of hydrogen-bond acceptors (Lipinski definition) is 4. The van der Waals surface area contributed by atoms with Crippen LogP contribution in [-0.4, -0.2) is 18.0 Å². The third kappa shape index (κ3) is 1.80. The van der Waals surface area contributed by atoms with Crippen LogP contribution < -0.4 is 10.3 Å². The SMILES string of the molecule is NC1=N[N+]2(c3ccccc3-c3ccccc3)C=CN=CC2=N1. The summed E-state index contributed by atoms with van der Waals surface area (Å²) in [6.45, 7) is 0. The molecule has 2 heterocycles. The average molecular weight is 288 g/mol. The van der Waals surface area contributed by atoms with Gasteiger partial charge in [-0.15, -0.1) is 0 Å². The van der Waals surface area contributed by atoms with Crippen LogP contribution in [0, 0.1) is 0 Å². The van der Waals surface area contributed by atoms with Gasteiger partial charge in [-0.2, -0.15) is 4.99 Å². The van der Waals surface area contributed by atoms with Crippen LogP contribution in [0.25, 0.3) is 11.1 Å². The molecule has 4 rings (SSSR count). The van der Waals surface area contributed by atoms with Crippen LogP contribution in [0.5, 0.6) is 0 Å². The second-order valence-electron chi connectivity index (χ2n) is 5.07. The molecule has 1 atom stereocenters. The van der Waals surface area contributed by atoms with Crippen molar-refractivity contribution >= 4 is 23.7 Å². The van der Waals surface area contributed by atoms with Crippen LogP contribution in [0.2, 0.25) is 0 Å². The fraction of sp³-hybridized carbons (Fsp3) is 0. The Labute approximate surface area is 128 Å². The molecule has 0 fully saturated rings. The van der Waals surface area contributed by atoms with E-state index in [2.05, 4.69) is 33.3 Å². The van der Waals surface area contributed by atoms with Crippen molar-refractivity contribution in [2.24, 2.45) is 20.8 Å². The lowest BCUT2D eigenvalue weighted by molar-refractivity contribution is 0.593. The Balaban J connectivity index is 1.97. The third-order valence-corrected chi connectivity index (χ3v) is 3.75. The van der Waals surface area contributed by atoms with Gasteiger partial charge in [0.15, 0.2) is 11.9 Å². The van der Waals surface area contributed by atoms with Gasteiger partial charge in [0.2, 0.25) is 0 Å². The van der Waals surface area contributed by atoms with E-state index in [1.54, 1.807) is 12.4 Å². The Hall–Kier alpha value is -3.05. The van der Waals surface area contributed by atoms with Gasteiger partial charge in [-0.25, -0.2) is 0 Å². The molecule has 0 saturated carbocycles. The first kappa shape index (κ1) is 12.7. The van der Waals surface area contributed by atoms with E-state index in [-0.39, 0.29) is 10.6 Å². The van der Waals surface area contributed by atoms with Gasteiger partial charge in [-0.05, 0) is 16.7 Å². The Morgan fingerprint density at radius 2 is 1.68 bits per heavy atom. The second kappa shape index (κ2) is 4.75. The van der Waals surface area contributed by atoms with E-state index in [0.717, 1.165) is 16.8 Å². The Bertz CT molecular complexity index is 848. The van der Waals surface area contributed by atoms with Crippen molar-refractivity contribution in [1.82, 2.24) is 4.59 Å². The molecule has 5 heteroatoms. The second-order valence-corrected chi connectivity index (χ2v) is 5.07. The zero-order valence-electron chi connectivity index (χ0n) is 11.8. The van der Waals surface area contributed by atoms with Crippen molar-refractivity contribution in [3.8, 4) is 11.1 Å². The van der Waals surface area contributed by atoms with Gasteiger partial charge < -0.3 is 5.73 Å². The first-order chi connectivity index (χ1) is 10.8. The third-order valence-electron chi connectivity index (χ3n) is 3.75. The number of hydrogen-bond donors (Lipinski definition) is 1. The van der Waals surface area contributed by atoms with Crippen LogP contribution in [-0.2, 0) is 0 Å². The van der Waals surface area contributed by atoms with Crippen LogP contribution in [0.3, 0.4) is 0 Å². The lowest BCUT2D eigenvalue weighted by Crippen LogP contribution is -2.44. The Morgan fingerprint density at radius 1 is 0.909 bits per heavy atom. The van der Waals surface area contributed by atoms with Gasteiger partial charge in [0.1, 0.15) is 6.21 Å². The summed E-state index contributed by atoms with van der Waals surface area (Å²) in [5.41, 5.74) is 9.07. The van der Waals surface area contributed by atoms with Crippen molar-refractivity contribution in [3.05, 3.63) is 67.0 Å². The Morgan fingerprint density at radius 3 is 2.55 bits per heavy atom. The molecule has 2 aliphatic heterocycles. The highest BCUT2D eigenvalue weighted by Crippen LogP contribution is 2.38. The van der Waals surface area contributed by atoms with Gasteiger partial charge in [0, 0.05) is 11.6 Å². The maximum absolute atomic E-state index is 5.86. The van der Waals surface area contributed by atoms with Gasteiger partial charge in [0.25, 0.3) is 11.8 Å². The predicted octanol–water partition coefficient (Wildman–Crippen LogP) is 2.86. The number of aliphatic imine (C=N–C) groups is 2. The highest BCUT2D eigenvalue weighted by atomic mass is 15.7. The molecular weight excluding hydrogens is 274 g/mol. The molecule has 5 nitrogen and oxygen atoms in total. The first-order valence-electron chi connectivity index (χ1n) is 6.99. The molecule has 0 bridgehead atoms. The van der Waals surface area contributed by atoms with E-state index in [4.69, 9.17) is 5.73 Å². The number of fused-ring (bicyclic) bond motifs is 1. The maximum atomic E-state index is 5.86. The molecule has 2 aromatic rings. The maximum Gasteiger partial charge on any atom is 0.286 e. The summed E-state index contributed by atoms with van der Waals surface area (Å²) in [5.74, 6) is 0.958. The molecule has 0 saturated heterocycles. The number of nitrogens with zero attached hydrogens (tertiary/aromatic N) is 4. The number of quaternary nitrogens is 1. The van der Waals surface area contributed by atoms with Crippen LogP contribution in [0.15, 0.2) is 82.1 Å². The molecular formula is C17H14N5+. The zero-order chi connectivity index (χ0) is 15.0. The minimum absolute atomic E-state index is 0.125. The average Bonchev–Trinajstić information content (AvgIpc) is 2.92. The monoisotopic (exact) mass is 288 g/mol. The van der Waals surface area contributed by atoms with E-state index in [1.165, 1.54) is 0 Å². The number of nitrogens with two attached hydrogens (primary N) is 1. The van der Waals surface area contributed by atoms with Crippen molar-refractivity contribution in [2.45, 2.75) is 0 Å². The summed E-state index contributed by atoms with van der Waals surface area (Å²) in [6, 6.07) is 18.4. The summed E-state index contributed by atoms with van der Waals surface area (Å²) in [7, 11) is 0.